The second-order valence-electron chi connectivity index (χ2n) is 7.44. The molecule has 5 heteroatoms. The third-order valence-electron chi connectivity index (χ3n) is 5.19. The quantitative estimate of drug-likeness (QED) is 0.816. The first kappa shape index (κ1) is 17.2. The van der Waals surface area contributed by atoms with E-state index in [0.29, 0.717) is 13.2 Å². The maximum absolute atomic E-state index is 11.7. The number of sulfone groups is 1. The van der Waals surface area contributed by atoms with Gasteiger partial charge in [-0.1, -0.05) is 19.8 Å². The van der Waals surface area contributed by atoms with Crippen LogP contribution in [0.3, 0.4) is 0 Å². The zero-order chi connectivity index (χ0) is 15.3. The van der Waals surface area contributed by atoms with Gasteiger partial charge in [-0.2, -0.15) is 0 Å². The van der Waals surface area contributed by atoms with Crippen molar-refractivity contribution in [1.29, 1.82) is 0 Å². The minimum atomic E-state index is -2.94. The molecule has 124 valence electrons. The summed E-state index contributed by atoms with van der Waals surface area (Å²) in [5.74, 6) is 1.95. The Morgan fingerprint density at radius 2 is 1.76 bits per heavy atom. The Labute approximate surface area is 129 Å². The molecular formula is C16H31NO3S. The van der Waals surface area contributed by atoms with Crippen LogP contribution in [0.25, 0.3) is 0 Å². The molecule has 1 heterocycles. The van der Waals surface area contributed by atoms with Gasteiger partial charge >= 0.3 is 0 Å². The van der Waals surface area contributed by atoms with Crippen LogP contribution in [0.15, 0.2) is 0 Å². The molecular weight excluding hydrogens is 286 g/mol. The molecule has 0 atom stereocenters. The summed E-state index contributed by atoms with van der Waals surface area (Å²) in [6, 6.07) is 0. The molecule has 0 bridgehead atoms. The first-order valence-corrected chi connectivity index (χ1v) is 10.4. The molecule has 0 aromatic heterocycles. The van der Waals surface area contributed by atoms with Crippen LogP contribution in [-0.2, 0) is 14.6 Å². The molecule has 2 fully saturated rings. The highest BCUT2D eigenvalue weighted by Gasteiger charge is 2.35. The normalized spacial score (nSPS) is 30.2. The van der Waals surface area contributed by atoms with Gasteiger partial charge in [-0.15, -0.1) is 0 Å². The smallest absolute Gasteiger partial charge is 0.148 e. The van der Waals surface area contributed by atoms with Crippen LogP contribution in [0.1, 0.15) is 45.4 Å². The van der Waals surface area contributed by atoms with E-state index in [1.807, 2.05) is 0 Å². The third-order valence-corrected chi connectivity index (χ3v) is 6.33. The second kappa shape index (κ2) is 7.42. The van der Waals surface area contributed by atoms with Crippen LogP contribution in [-0.4, -0.2) is 46.7 Å². The molecule has 0 radical (unpaired) electrons. The number of nitrogens with one attached hydrogen (secondary N) is 1. The Morgan fingerprint density at radius 1 is 1.14 bits per heavy atom. The van der Waals surface area contributed by atoms with Crippen molar-refractivity contribution in [3.8, 4) is 0 Å². The van der Waals surface area contributed by atoms with Crippen molar-refractivity contribution in [3.05, 3.63) is 0 Å². The van der Waals surface area contributed by atoms with Crippen LogP contribution >= 0.6 is 0 Å². The van der Waals surface area contributed by atoms with Gasteiger partial charge in [0.2, 0.25) is 0 Å². The summed E-state index contributed by atoms with van der Waals surface area (Å²) in [5, 5.41) is 3.58. The van der Waals surface area contributed by atoms with Crippen molar-refractivity contribution in [2.75, 3.05) is 38.3 Å². The van der Waals surface area contributed by atoms with Gasteiger partial charge < -0.3 is 10.1 Å². The fourth-order valence-corrected chi connectivity index (χ4v) is 5.31. The van der Waals surface area contributed by atoms with Crippen LogP contribution in [0.2, 0.25) is 0 Å². The lowest BCUT2D eigenvalue weighted by molar-refractivity contribution is 0.0251. The molecule has 0 amide bonds. The summed E-state index contributed by atoms with van der Waals surface area (Å²) in [7, 11) is -2.94. The van der Waals surface area contributed by atoms with E-state index < -0.39 is 9.84 Å². The molecule has 1 aliphatic carbocycles. The summed E-state index contributed by atoms with van der Waals surface area (Å²) >= 11 is 0. The number of rotatable bonds is 6. The Morgan fingerprint density at radius 3 is 2.33 bits per heavy atom. The van der Waals surface area contributed by atoms with E-state index in [1.54, 1.807) is 0 Å². The van der Waals surface area contributed by atoms with Crippen LogP contribution in [0, 0.1) is 17.3 Å². The molecule has 1 saturated heterocycles. The van der Waals surface area contributed by atoms with Gasteiger partial charge in [-0.3, -0.25) is 0 Å². The lowest BCUT2D eigenvalue weighted by atomic mass is 9.81. The molecule has 1 N–H and O–H groups in total. The molecule has 0 aromatic carbocycles. The van der Waals surface area contributed by atoms with Gasteiger partial charge in [-0.25, -0.2) is 8.42 Å². The van der Waals surface area contributed by atoms with Crippen molar-refractivity contribution >= 4 is 9.84 Å². The number of ether oxygens (including phenoxy) is 1. The molecule has 0 aromatic rings. The first-order chi connectivity index (χ1) is 9.89. The maximum atomic E-state index is 11.7. The largest absolute Gasteiger partial charge is 0.381 e. The Kier molecular flexibility index (Phi) is 6.09. The summed E-state index contributed by atoms with van der Waals surface area (Å²) in [4.78, 5) is 0. The summed E-state index contributed by atoms with van der Waals surface area (Å²) < 4.78 is 28.9. The lowest BCUT2D eigenvalue weighted by Crippen LogP contribution is -2.45. The number of hydrogen-bond acceptors (Lipinski definition) is 4. The molecule has 21 heavy (non-hydrogen) atoms. The molecule has 0 spiro atoms. The van der Waals surface area contributed by atoms with Crippen molar-refractivity contribution in [3.63, 3.8) is 0 Å². The van der Waals surface area contributed by atoms with Crippen molar-refractivity contribution in [2.45, 2.75) is 45.4 Å². The summed E-state index contributed by atoms with van der Waals surface area (Å²) in [6.45, 7) is 5.58. The fraction of sp³-hybridized carbons (Fsp3) is 1.00. The predicted octanol–water partition coefficient (Wildman–Crippen LogP) is 2.24. The van der Waals surface area contributed by atoms with E-state index >= 15 is 0 Å². The molecule has 2 aliphatic rings. The summed E-state index contributed by atoms with van der Waals surface area (Å²) in [6.07, 6.45) is 8.38. The first-order valence-electron chi connectivity index (χ1n) is 8.35. The van der Waals surface area contributed by atoms with E-state index in [-0.39, 0.29) is 11.2 Å². The Bertz CT molecular complexity index is 407. The van der Waals surface area contributed by atoms with Gasteiger partial charge in [0.1, 0.15) is 9.84 Å². The SMILES string of the molecule is CC1CCC(CNCC2(CS(C)(=O)=O)CCOCC2)CC1. The molecule has 1 saturated carbocycles. The van der Waals surface area contributed by atoms with Gasteiger partial charge in [0.15, 0.2) is 0 Å². The second-order valence-corrected chi connectivity index (χ2v) is 9.58. The van der Waals surface area contributed by atoms with Crippen LogP contribution in [0.5, 0.6) is 0 Å². The molecule has 4 nitrogen and oxygen atoms in total. The highest BCUT2D eigenvalue weighted by Crippen LogP contribution is 2.32. The van der Waals surface area contributed by atoms with Gasteiger partial charge in [0, 0.05) is 31.4 Å². The summed E-state index contributed by atoms with van der Waals surface area (Å²) in [5.41, 5.74) is -0.117. The van der Waals surface area contributed by atoms with Gasteiger partial charge in [-0.05, 0) is 44.1 Å². The number of hydrogen-bond donors (Lipinski definition) is 1. The molecule has 2 rings (SSSR count). The maximum Gasteiger partial charge on any atom is 0.148 e. The van der Waals surface area contributed by atoms with E-state index in [4.69, 9.17) is 4.74 Å². The third kappa shape index (κ3) is 5.87. The molecule has 0 unspecified atom stereocenters. The van der Waals surface area contributed by atoms with Crippen molar-refractivity contribution in [2.24, 2.45) is 17.3 Å². The predicted molar refractivity (Wildman–Crippen MR) is 86.2 cm³/mol. The molecule has 1 aliphatic heterocycles. The van der Waals surface area contributed by atoms with E-state index in [1.165, 1.54) is 31.9 Å². The van der Waals surface area contributed by atoms with Crippen molar-refractivity contribution in [1.82, 2.24) is 5.32 Å². The average molecular weight is 317 g/mol. The minimum absolute atomic E-state index is 0.117. The Balaban J connectivity index is 1.82. The Hall–Kier alpha value is -0.130. The van der Waals surface area contributed by atoms with E-state index in [9.17, 15) is 8.42 Å². The monoisotopic (exact) mass is 317 g/mol. The fourth-order valence-electron chi connectivity index (χ4n) is 3.81. The average Bonchev–Trinajstić information content (AvgIpc) is 2.40. The van der Waals surface area contributed by atoms with E-state index in [2.05, 4.69) is 12.2 Å². The van der Waals surface area contributed by atoms with Crippen LogP contribution in [0.4, 0.5) is 0 Å². The van der Waals surface area contributed by atoms with Crippen LogP contribution < -0.4 is 5.32 Å². The van der Waals surface area contributed by atoms with Gasteiger partial charge in [0.25, 0.3) is 0 Å². The standard InChI is InChI=1S/C16H31NO3S/c1-14-3-5-15(6-4-14)11-17-12-16(13-21(2,18)19)7-9-20-10-8-16/h14-15,17H,3-13H2,1-2H3. The highest BCUT2D eigenvalue weighted by molar-refractivity contribution is 7.90. The minimum Gasteiger partial charge on any atom is -0.381 e. The topological polar surface area (TPSA) is 55.4 Å². The van der Waals surface area contributed by atoms with Crippen molar-refractivity contribution < 1.29 is 13.2 Å². The zero-order valence-electron chi connectivity index (χ0n) is 13.6. The highest BCUT2D eigenvalue weighted by atomic mass is 32.2. The van der Waals surface area contributed by atoms with E-state index in [0.717, 1.165) is 37.8 Å². The zero-order valence-corrected chi connectivity index (χ0v) is 14.4. The lowest BCUT2D eigenvalue weighted by Gasteiger charge is -2.37. The van der Waals surface area contributed by atoms with Gasteiger partial charge in [0.05, 0.1) is 5.75 Å².